The Balaban J connectivity index is 1.33. The molecule has 3 aliphatic carbocycles. The zero-order chi connectivity index (χ0) is 22.1. The fraction of sp³-hybridized carbons (Fsp3) is 0.480. The van der Waals surface area contributed by atoms with Crippen molar-refractivity contribution >= 4 is 37.5 Å². The Kier molecular flexibility index (Phi) is 4.66. The molecule has 32 heavy (non-hydrogen) atoms. The van der Waals surface area contributed by atoms with E-state index >= 15 is 0 Å². The topological polar surface area (TPSA) is 66.5 Å². The van der Waals surface area contributed by atoms with E-state index < -0.39 is 10.0 Å². The first-order valence-electron chi connectivity index (χ1n) is 11.5. The van der Waals surface area contributed by atoms with Gasteiger partial charge in [0.2, 0.25) is 10.0 Å². The zero-order valence-electron chi connectivity index (χ0n) is 17.9. The van der Waals surface area contributed by atoms with Crippen LogP contribution in [0.4, 0.5) is 5.69 Å². The molecule has 2 spiro atoms. The van der Waals surface area contributed by atoms with Crippen molar-refractivity contribution in [3.05, 3.63) is 58.1 Å². The van der Waals surface area contributed by atoms with Gasteiger partial charge in [0.1, 0.15) is 0 Å². The highest BCUT2D eigenvalue weighted by molar-refractivity contribution is 9.10. The average molecular weight is 515 g/mol. The fourth-order valence-corrected chi connectivity index (χ4v) is 7.34. The number of sulfonamides is 1. The lowest BCUT2D eigenvalue weighted by atomic mass is 9.66. The van der Waals surface area contributed by atoms with E-state index in [0.29, 0.717) is 17.5 Å². The number of nitrogens with zero attached hydrogens (tertiary/aromatic N) is 1. The van der Waals surface area contributed by atoms with Crippen LogP contribution >= 0.6 is 15.9 Å². The van der Waals surface area contributed by atoms with Gasteiger partial charge in [-0.25, -0.2) is 13.1 Å². The van der Waals surface area contributed by atoms with E-state index in [-0.39, 0.29) is 22.3 Å². The lowest BCUT2D eigenvalue weighted by molar-refractivity contribution is 0.0980. The third-order valence-electron chi connectivity index (χ3n) is 8.04. The second-order valence-electron chi connectivity index (χ2n) is 10.3. The molecule has 1 heterocycles. The largest absolute Gasteiger partial charge is 0.307 e. The molecule has 1 N–H and O–H groups in total. The maximum atomic E-state index is 13.7. The van der Waals surface area contributed by atoms with Crippen LogP contribution in [0.25, 0.3) is 0 Å². The predicted molar refractivity (Wildman–Crippen MR) is 127 cm³/mol. The molecule has 0 unspecified atom stereocenters. The summed E-state index contributed by atoms with van der Waals surface area (Å²) in [6.45, 7) is 0.672. The molecular weight excluding hydrogens is 488 g/mol. The molecule has 168 valence electrons. The van der Waals surface area contributed by atoms with Crippen molar-refractivity contribution in [2.45, 2.75) is 67.7 Å². The van der Waals surface area contributed by atoms with Crippen LogP contribution in [0.5, 0.6) is 0 Å². The minimum Gasteiger partial charge on any atom is -0.307 e. The van der Waals surface area contributed by atoms with Crippen LogP contribution in [0.15, 0.2) is 51.8 Å². The molecule has 0 saturated heterocycles. The van der Waals surface area contributed by atoms with Crippen molar-refractivity contribution in [2.75, 3.05) is 11.4 Å². The number of carbonyl (C=O) groups excluding carboxylic acids is 1. The molecule has 0 aromatic heterocycles. The number of amides is 1. The number of nitrogens with one attached hydrogen (secondary N) is 1. The fourth-order valence-electron chi connectivity index (χ4n) is 5.63. The van der Waals surface area contributed by atoms with Crippen molar-refractivity contribution in [1.29, 1.82) is 0 Å². The van der Waals surface area contributed by atoms with Gasteiger partial charge >= 0.3 is 0 Å². The van der Waals surface area contributed by atoms with Crippen LogP contribution in [-0.2, 0) is 15.4 Å². The molecule has 7 heteroatoms. The summed E-state index contributed by atoms with van der Waals surface area (Å²) in [4.78, 5) is 15.7. The highest BCUT2D eigenvalue weighted by Gasteiger charge is 2.53. The molecule has 1 aliphatic heterocycles. The Hall–Kier alpha value is -1.70. The van der Waals surface area contributed by atoms with Gasteiger partial charge in [-0.1, -0.05) is 22.0 Å². The number of anilines is 1. The number of benzene rings is 2. The SMILES string of the molecule is O=C(c1cccc(S(=O)(=O)NC2CC2)c1)N1CC2(CCC3(CC3)CC2)c2cc(Br)ccc21. The normalized spacial score (nSPS) is 22.8. The molecule has 3 saturated carbocycles. The van der Waals surface area contributed by atoms with Crippen molar-refractivity contribution < 1.29 is 13.2 Å². The van der Waals surface area contributed by atoms with Gasteiger partial charge in [-0.05, 0) is 98.7 Å². The van der Waals surface area contributed by atoms with E-state index in [9.17, 15) is 13.2 Å². The van der Waals surface area contributed by atoms with Crippen molar-refractivity contribution in [3.8, 4) is 0 Å². The highest BCUT2D eigenvalue weighted by atomic mass is 79.9. The number of hydrogen-bond acceptors (Lipinski definition) is 3. The average Bonchev–Trinajstić information content (AvgIpc) is 3.72. The zero-order valence-corrected chi connectivity index (χ0v) is 20.3. The molecule has 6 rings (SSSR count). The molecule has 0 bridgehead atoms. The lowest BCUT2D eigenvalue weighted by Gasteiger charge is -2.38. The lowest BCUT2D eigenvalue weighted by Crippen LogP contribution is -2.40. The van der Waals surface area contributed by atoms with E-state index in [4.69, 9.17) is 0 Å². The van der Waals surface area contributed by atoms with Crippen LogP contribution < -0.4 is 9.62 Å². The van der Waals surface area contributed by atoms with Crippen LogP contribution in [0, 0.1) is 5.41 Å². The van der Waals surface area contributed by atoms with E-state index in [1.807, 2.05) is 17.0 Å². The molecule has 0 radical (unpaired) electrons. The monoisotopic (exact) mass is 514 g/mol. The van der Waals surface area contributed by atoms with E-state index in [2.05, 4.69) is 26.7 Å². The summed E-state index contributed by atoms with van der Waals surface area (Å²) in [5.41, 5.74) is 3.22. The standard InChI is InChI=1S/C25H27BrN2O3S/c26-18-4-7-22-21(15-18)25(12-10-24(8-9-24)11-13-25)16-28(22)23(29)17-2-1-3-20(14-17)32(30,31)27-19-5-6-19/h1-4,7,14-15,19,27H,5-6,8-13,16H2. The smallest absolute Gasteiger partial charge is 0.258 e. The van der Waals surface area contributed by atoms with E-state index in [1.165, 1.54) is 37.3 Å². The van der Waals surface area contributed by atoms with Crippen molar-refractivity contribution in [1.82, 2.24) is 4.72 Å². The maximum Gasteiger partial charge on any atom is 0.258 e. The van der Waals surface area contributed by atoms with E-state index in [0.717, 1.165) is 35.8 Å². The highest BCUT2D eigenvalue weighted by Crippen LogP contribution is 2.62. The van der Waals surface area contributed by atoms with Gasteiger partial charge < -0.3 is 4.90 Å². The molecule has 4 aliphatic rings. The number of halogens is 1. The minimum atomic E-state index is -3.60. The Morgan fingerprint density at radius 1 is 1.00 bits per heavy atom. The molecule has 2 aromatic carbocycles. The summed E-state index contributed by atoms with van der Waals surface area (Å²) in [5, 5.41) is 0. The number of fused-ring (bicyclic) bond motifs is 2. The van der Waals surface area contributed by atoms with Gasteiger partial charge in [-0.3, -0.25) is 4.79 Å². The van der Waals surface area contributed by atoms with Crippen LogP contribution in [0.3, 0.4) is 0 Å². The summed E-state index contributed by atoms with van der Waals surface area (Å²) < 4.78 is 29.1. The number of hydrogen-bond donors (Lipinski definition) is 1. The van der Waals surface area contributed by atoms with Crippen LogP contribution in [0.1, 0.15) is 67.3 Å². The Morgan fingerprint density at radius 2 is 1.72 bits per heavy atom. The molecule has 3 fully saturated rings. The van der Waals surface area contributed by atoms with Gasteiger partial charge in [0, 0.05) is 33.7 Å². The Morgan fingerprint density at radius 3 is 2.41 bits per heavy atom. The first-order chi connectivity index (χ1) is 15.3. The van der Waals surface area contributed by atoms with Crippen LogP contribution in [-0.4, -0.2) is 26.9 Å². The van der Waals surface area contributed by atoms with Gasteiger partial charge in [-0.15, -0.1) is 0 Å². The molecular formula is C25H27BrN2O3S. The van der Waals surface area contributed by atoms with Crippen molar-refractivity contribution in [2.24, 2.45) is 5.41 Å². The number of rotatable bonds is 4. The quantitative estimate of drug-likeness (QED) is 0.613. The maximum absolute atomic E-state index is 13.7. The minimum absolute atomic E-state index is 0.000170. The summed E-state index contributed by atoms with van der Waals surface area (Å²) in [6.07, 6.45) is 9.16. The molecule has 1 amide bonds. The molecule has 0 atom stereocenters. The van der Waals surface area contributed by atoms with Crippen molar-refractivity contribution in [3.63, 3.8) is 0 Å². The third kappa shape index (κ3) is 3.53. The molecule has 2 aromatic rings. The second kappa shape index (κ2) is 7.15. The van der Waals surface area contributed by atoms with Gasteiger partial charge in [0.15, 0.2) is 0 Å². The first-order valence-corrected chi connectivity index (χ1v) is 13.8. The predicted octanol–water partition coefficient (Wildman–Crippen LogP) is 5.14. The van der Waals surface area contributed by atoms with E-state index in [1.54, 1.807) is 18.2 Å². The first kappa shape index (κ1) is 20.9. The summed E-state index contributed by atoms with van der Waals surface area (Å²) in [6, 6.07) is 12.7. The van der Waals surface area contributed by atoms with Gasteiger partial charge in [0.25, 0.3) is 5.91 Å². The second-order valence-corrected chi connectivity index (χ2v) is 12.9. The summed E-state index contributed by atoms with van der Waals surface area (Å²) in [5.74, 6) is -0.124. The Labute approximate surface area is 197 Å². The van der Waals surface area contributed by atoms with Crippen LogP contribution in [0.2, 0.25) is 0 Å². The van der Waals surface area contributed by atoms with Gasteiger partial charge in [-0.2, -0.15) is 0 Å². The number of carbonyl (C=O) groups is 1. The summed E-state index contributed by atoms with van der Waals surface area (Å²) in [7, 11) is -3.60. The molecule has 5 nitrogen and oxygen atoms in total. The third-order valence-corrected chi connectivity index (χ3v) is 10.1. The Bertz CT molecular complexity index is 1210. The van der Waals surface area contributed by atoms with Gasteiger partial charge in [0.05, 0.1) is 4.90 Å². The summed E-state index contributed by atoms with van der Waals surface area (Å²) >= 11 is 3.63.